The molecule has 0 atom stereocenters. The topological polar surface area (TPSA) is 37.1 Å². The van der Waals surface area contributed by atoms with Crippen molar-refractivity contribution in [2.24, 2.45) is 0 Å². The molecule has 0 saturated heterocycles. The number of fused-ring (bicyclic) bond motifs is 1. The SMILES string of the molecule is O=C1C=Cc2ccccc2[N+](=O)C1. The van der Waals surface area contributed by atoms with Crippen molar-refractivity contribution in [2.75, 3.05) is 6.54 Å². The lowest BCUT2D eigenvalue weighted by Crippen LogP contribution is -2.10. The minimum atomic E-state index is -0.161. The van der Waals surface area contributed by atoms with Crippen LogP contribution in [0.1, 0.15) is 5.56 Å². The summed E-state index contributed by atoms with van der Waals surface area (Å²) in [7, 11) is 0. The van der Waals surface area contributed by atoms with Crippen molar-refractivity contribution in [1.29, 1.82) is 0 Å². The van der Waals surface area contributed by atoms with Gasteiger partial charge in [-0.05, 0) is 18.2 Å². The molecule has 1 aliphatic rings. The standard InChI is InChI=1S/C10H8NO2/c12-9-6-5-8-3-1-2-4-10(8)11(13)7-9/h1-6H,7H2/q+1. The third-order valence-corrected chi connectivity index (χ3v) is 1.95. The van der Waals surface area contributed by atoms with Crippen molar-refractivity contribution >= 4 is 17.5 Å². The highest BCUT2D eigenvalue weighted by Crippen LogP contribution is 2.21. The van der Waals surface area contributed by atoms with Crippen LogP contribution in [-0.2, 0) is 4.79 Å². The van der Waals surface area contributed by atoms with Crippen LogP contribution in [0.2, 0.25) is 0 Å². The van der Waals surface area contributed by atoms with Crippen LogP contribution in [0.25, 0.3) is 6.08 Å². The van der Waals surface area contributed by atoms with E-state index in [9.17, 15) is 9.70 Å². The Balaban J connectivity index is 2.57. The first kappa shape index (κ1) is 7.86. The molecule has 2 rings (SSSR count). The van der Waals surface area contributed by atoms with E-state index < -0.39 is 0 Å². The van der Waals surface area contributed by atoms with Gasteiger partial charge in [-0.1, -0.05) is 12.1 Å². The van der Waals surface area contributed by atoms with Crippen molar-refractivity contribution in [3.63, 3.8) is 0 Å². The largest absolute Gasteiger partial charge is 0.287 e. The summed E-state index contributed by atoms with van der Waals surface area (Å²) in [5.74, 6) is -0.161. The van der Waals surface area contributed by atoms with Crippen LogP contribution in [0.5, 0.6) is 0 Å². The van der Waals surface area contributed by atoms with Crippen molar-refractivity contribution in [1.82, 2.24) is 0 Å². The molecule has 0 bridgehead atoms. The van der Waals surface area contributed by atoms with Gasteiger partial charge in [0.25, 0.3) is 12.2 Å². The minimum absolute atomic E-state index is 0.0898. The molecule has 13 heavy (non-hydrogen) atoms. The molecule has 1 aromatic rings. The predicted octanol–water partition coefficient (Wildman–Crippen LogP) is 1.69. The average Bonchev–Trinajstić information content (AvgIpc) is 2.27. The Labute approximate surface area is 75.3 Å². The molecule has 1 aromatic carbocycles. The molecular weight excluding hydrogens is 166 g/mol. The molecule has 64 valence electrons. The van der Waals surface area contributed by atoms with E-state index in [1.54, 1.807) is 18.2 Å². The summed E-state index contributed by atoms with van der Waals surface area (Å²) in [4.78, 5) is 22.4. The maximum Gasteiger partial charge on any atom is 0.263 e. The van der Waals surface area contributed by atoms with Crippen LogP contribution in [0.4, 0.5) is 5.69 Å². The summed E-state index contributed by atoms with van der Waals surface area (Å²) in [6.07, 6.45) is 3.12. The lowest BCUT2D eigenvalue weighted by molar-refractivity contribution is -0.449. The molecule has 0 aliphatic carbocycles. The van der Waals surface area contributed by atoms with Crippen molar-refractivity contribution in [3.05, 3.63) is 40.8 Å². The molecule has 3 heteroatoms. The van der Waals surface area contributed by atoms with Gasteiger partial charge in [0.1, 0.15) is 0 Å². The summed E-state index contributed by atoms with van der Waals surface area (Å²) in [6, 6.07) is 7.15. The van der Waals surface area contributed by atoms with Gasteiger partial charge in [0.15, 0.2) is 0 Å². The van der Waals surface area contributed by atoms with E-state index in [1.165, 1.54) is 6.08 Å². The molecule has 0 N–H and O–H groups in total. The fourth-order valence-corrected chi connectivity index (χ4v) is 1.32. The first-order valence-corrected chi connectivity index (χ1v) is 4.02. The minimum Gasteiger partial charge on any atom is -0.287 e. The molecule has 1 heterocycles. The first-order chi connectivity index (χ1) is 6.27. The van der Waals surface area contributed by atoms with Crippen LogP contribution in [0.15, 0.2) is 30.3 Å². The Morgan fingerprint density at radius 3 is 2.77 bits per heavy atom. The van der Waals surface area contributed by atoms with E-state index in [-0.39, 0.29) is 12.3 Å². The summed E-state index contributed by atoms with van der Waals surface area (Å²) in [5, 5.41) is 0. The van der Waals surface area contributed by atoms with Crippen LogP contribution < -0.4 is 0 Å². The lowest BCUT2D eigenvalue weighted by atomic mass is 10.2. The Hall–Kier alpha value is -1.77. The number of hydrogen-bond donors (Lipinski definition) is 0. The van der Waals surface area contributed by atoms with Gasteiger partial charge >= 0.3 is 0 Å². The third kappa shape index (κ3) is 1.40. The van der Waals surface area contributed by atoms with Gasteiger partial charge in [-0.3, -0.25) is 4.79 Å². The second-order valence-corrected chi connectivity index (χ2v) is 2.90. The maximum atomic E-state index is 11.4. The first-order valence-electron chi connectivity index (χ1n) is 4.02. The number of ketones is 1. The highest BCUT2D eigenvalue weighted by atomic mass is 16.3. The zero-order valence-electron chi connectivity index (χ0n) is 6.93. The van der Waals surface area contributed by atoms with E-state index in [1.807, 2.05) is 12.1 Å². The Bertz CT molecular complexity index is 407. The predicted molar refractivity (Wildman–Crippen MR) is 48.6 cm³/mol. The Morgan fingerprint density at radius 2 is 1.92 bits per heavy atom. The van der Waals surface area contributed by atoms with E-state index in [4.69, 9.17) is 0 Å². The number of benzene rings is 1. The average molecular weight is 174 g/mol. The summed E-state index contributed by atoms with van der Waals surface area (Å²) in [6.45, 7) is -0.0898. The molecule has 0 saturated carbocycles. The van der Waals surface area contributed by atoms with E-state index >= 15 is 0 Å². The third-order valence-electron chi connectivity index (χ3n) is 1.95. The molecule has 0 radical (unpaired) electrons. The van der Waals surface area contributed by atoms with Gasteiger partial charge in [-0.2, -0.15) is 0 Å². The van der Waals surface area contributed by atoms with Crippen LogP contribution in [0.3, 0.4) is 0 Å². The molecule has 0 aromatic heterocycles. The summed E-state index contributed by atoms with van der Waals surface area (Å²) < 4.78 is 0.720. The number of nitroso groups, excluding NO2 is 1. The monoisotopic (exact) mass is 174 g/mol. The number of carbonyl (C=O) groups excluding carboxylic acids is 1. The Morgan fingerprint density at radius 1 is 1.15 bits per heavy atom. The highest BCUT2D eigenvalue weighted by Gasteiger charge is 2.22. The van der Waals surface area contributed by atoms with Gasteiger partial charge in [0.05, 0.1) is 5.56 Å². The van der Waals surface area contributed by atoms with E-state index in [0.29, 0.717) is 5.69 Å². The fourth-order valence-electron chi connectivity index (χ4n) is 1.32. The second kappa shape index (κ2) is 2.94. The lowest BCUT2D eigenvalue weighted by Gasteiger charge is -1.92. The maximum absolute atomic E-state index is 11.4. The number of carbonyl (C=O) groups is 1. The van der Waals surface area contributed by atoms with Gasteiger partial charge in [0.2, 0.25) is 5.78 Å². The van der Waals surface area contributed by atoms with Crippen molar-refractivity contribution in [3.8, 4) is 0 Å². The number of hydrogen-bond acceptors (Lipinski definition) is 2. The van der Waals surface area contributed by atoms with E-state index in [2.05, 4.69) is 0 Å². The smallest absolute Gasteiger partial charge is 0.263 e. The van der Waals surface area contributed by atoms with Crippen LogP contribution in [0, 0.1) is 4.91 Å². The van der Waals surface area contributed by atoms with Gasteiger partial charge in [-0.15, -0.1) is 0 Å². The van der Waals surface area contributed by atoms with Gasteiger partial charge < -0.3 is 0 Å². The molecule has 1 aliphatic heterocycles. The van der Waals surface area contributed by atoms with Crippen LogP contribution >= 0.6 is 0 Å². The number of rotatable bonds is 0. The molecule has 3 nitrogen and oxygen atoms in total. The molecule has 0 fully saturated rings. The Kier molecular flexibility index (Phi) is 1.77. The summed E-state index contributed by atoms with van der Waals surface area (Å²) >= 11 is 0. The fraction of sp³-hybridized carbons (Fsp3) is 0.100. The molecular formula is C10H8NO2+. The molecule has 0 spiro atoms. The van der Waals surface area contributed by atoms with E-state index in [0.717, 1.165) is 10.3 Å². The van der Waals surface area contributed by atoms with Crippen LogP contribution in [-0.4, -0.2) is 17.1 Å². The molecule has 0 unspecified atom stereocenters. The summed E-state index contributed by atoms with van der Waals surface area (Å²) in [5.41, 5.74) is 1.35. The van der Waals surface area contributed by atoms with Gasteiger partial charge in [0, 0.05) is 15.7 Å². The number of nitrogens with zero attached hydrogens (tertiary/aromatic N) is 1. The van der Waals surface area contributed by atoms with Crippen molar-refractivity contribution < 1.29 is 9.55 Å². The second-order valence-electron chi connectivity index (χ2n) is 2.90. The normalized spacial score (nSPS) is 15.4. The zero-order valence-corrected chi connectivity index (χ0v) is 6.93. The van der Waals surface area contributed by atoms with Crippen molar-refractivity contribution in [2.45, 2.75) is 0 Å². The molecule has 0 amide bonds. The zero-order chi connectivity index (χ0) is 9.26. The highest BCUT2D eigenvalue weighted by molar-refractivity contribution is 5.95. The van der Waals surface area contributed by atoms with Gasteiger partial charge in [-0.25, -0.2) is 0 Å². The number of para-hydroxylation sites is 1. The quantitative estimate of drug-likeness (QED) is 0.561.